The Hall–Kier alpha value is -2.94. The number of oxime groups is 2. The van der Waals surface area contributed by atoms with Gasteiger partial charge in [0, 0.05) is 80.6 Å². The Morgan fingerprint density at radius 3 is 1.55 bits per heavy atom. The van der Waals surface area contributed by atoms with Crippen LogP contribution in [0.4, 0.5) is 0 Å². The van der Waals surface area contributed by atoms with E-state index in [0.717, 1.165) is 79.1 Å². The summed E-state index contributed by atoms with van der Waals surface area (Å²) in [6.07, 6.45) is 7.68. The van der Waals surface area contributed by atoms with Crippen molar-refractivity contribution >= 4 is 98.5 Å². The summed E-state index contributed by atoms with van der Waals surface area (Å²) in [4.78, 5) is 31.4. The van der Waals surface area contributed by atoms with Crippen LogP contribution in [0.15, 0.2) is 68.0 Å². The molecule has 0 atom stereocenters. The summed E-state index contributed by atoms with van der Waals surface area (Å²) < 4.78 is 1.88. The Kier molecular flexibility index (Phi) is 13.5. The SMILES string of the molecule is O=C(NCCCCSSCCCCNC(=O)/C(Cc1c[nH]c2ccc(Br)cc12)=N/O)/C(Cc1c[nH]c2ccc(Br)cc12)=N/O. The van der Waals surface area contributed by atoms with Gasteiger partial charge in [0.1, 0.15) is 11.4 Å². The molecule has 44 heavy (non-hydrogen) atoms. The minimum absolute atomic E-state index is 0.0783. The average molecular weight is 767 g/mol. The van der Waals surface area contributed by atoms with E-state index in [2.05, 4.69) is 62.8 Å². The first-order chi connectivity index (χ1) is 21.4. The quantitative estimate of drug-likeness (QED) is 0.0229. The van der Waals surface area contributed by atoms with Gasteiger partial charge in [-0.2, -0.15) is 0 Å². The van der Waals surface area contributed by atoms with Crippen molar-refractivity contribution < 1.29 is 20.0 Å². The normalized spacial score (nSPS) is 12.2. The van der Waals surface area contributed by atoms with E-state index in [4.69, 9.17) is 0 Å². The second kappa shape index (κ2) is 17.5. The van der Waals surface area contributed by atoms with E-state index in [1.54, 1.807) is 21.6 Å². The van der Waals surface area contributed by atoms with Crippen molar-refractivity contribution in [1.29, 1.82) is 0 Å². The first kappa shape index (κ1) is 33.9. The molecule has 4 aromatic rings. The Morgan fingerprint density at radius 2 is 1.14 bits per heavy atom. The third kappa shape index (κ3) is 9.78. The summed E-state index contributed by atoms with van der Waals surface area (Å²) in [6, 6.07) is 11.7. The van der Waals surface area contributed by atoms with Crippen LogP contribution in [0, 0.1) is 0 Å². The summed E-state index contributed by atoms with van der Waals surface area (Å²) >= 11 is 6.93. The van der Waals surface area contributed by atoms with E-state index in [0.29, 0.717) is 13.1 Å². The third-order valence-corrected chi connectivity index (χ3v) is 10.5. The molecule has 0 aliphatic carbocycles. The molecule has 0 fully saturated rings. The van der Waals surface area contributed by atoms with Crippen molar-refractivity contribution in [2.75, 3.05) is 24.6 Å². The highest BCUT2D eigenvalue weighted by Crippen LogP contribution is 2.25. The molecule has 234 valence electrons. The maximum atomic E-state index is 12.5. The number of unbranched alkanes of at least 4 members (excludes halogenated alkanes) is 2. The highest BCUT2D eigenvalue weighted by molar-refractivity contribution is 9.10. The molecule has 2 aromatic carbocycles. The number of rotatable bonds is 17. The Balaban J connectivity index is 1.02. The molecule has 14 heteroatoms. The molecule has 0 radical (unpaired) electrons. The number of hydrogen-bond acceptors (Lipinski definition) is 8. The number of amides is 2. The molecule has 0 bridgehead atoms. The molecule has 6 N–H and O–H groups in total. The predicted octanol–water partition coefficient (Wildman–Crippen LogP) is 6.79. The van der Waals surface area contributed by atoms with E-state index < -0.39 is 0 Å². The van der Waals surface area contributed by atoms with Crippen molar-refractivity contribution in [3.05, 3.63) is 68.9 Å². The second-order valence-corrected chi connectivity index (χ2v) is 14.6. The van der Waals surface area contributed by atoms with Gasteiger partial charge in [0.05, 0.1) is 0 Å². The molecule has 0 aliphatic rings. The first-order valence-electron chi connectivity index (χ1n) is 14.1. The zero-order valence-corrected chi connectivity index (χ0v) is 28.7. The number of carbonyl (C=O) groups excluding carboxylic acids is 2. The topological polar surface area (TPSA) is 155 Å². The van der Waals surface area contributed by atoms with Crippen LogP contribution in [0.5, 0.6) is 0 Å². The van der Waals surface area contributed by atoms with Gasteiger partial charge in [-0.15, -0.1) is 0 Å². The van der Waals surface area contributed by atoms with Crippen molar-refractivity contribution in [1.82, 2.24) is 20.6 Å². The standard InChI is InChI=1S/C30H34Br2N6O4S2/c31-21-5-7-25-23(15-21)19(17-35-25)13-27(37-41)29(39)33-9-1-3-11-43-44-12-4-2-10-34-30(40)28(38-42)14-20-18-36-26-8-6-22(32)16-24(20)26/h5-8,15-18,35-36,41-42H,1-4,9-14H2,(H,33,39)(H,34,40)/b37-27+,38-28+. The fourth-order valence-corrected chi connectivity index (χ4v) is 7.59. The van der Waals surface area contributed by atoms with E-state index in [1.165, 1.54) is 0 Å². The highest BCUT2D eigenvalue weighted by atomic mass is 79.9. The molecule has 0 unspecified atom stereocenters. The summed E-state index contributed by atoms with van der Waals surface area (Å²) in [5.41, 5.74) is 3.84. The molecule has 0 spiro atoms. The van der Waals surface area contributed by atoms with E-state index in [1.807, 2.05) is 48.8 Å². The molecule has 10 nitrogen and oxygen atoms in total. The number of nitrogens with one attached hydrogen (secondary N) is 4. The zero-order valence-electron chi connectivity index (χ0n) is 23.9. The lowest BCUT2D eigenvalue weighted by Gasteiger charge is -2.07. The fraction of sp³-hybridized carbons (Fsp3) is 0.333. The largest absolute Gasteiger partial charge is 0.410 e. The highest BCUT2D eigenvalue weighted by Gasteiger charge is 2.17. The predicted molar refractivity (Wildman–Crippen MR) is 187 cm³/mol. The molecular weight excluding hydrogens is 732 g/mol. The smallest absolute Gasteiger partial charge is 0.269 e. The van der Waals surface area contributed by atoms with E-state index in [-0.39, 0.29) is 36.1 Å². The van der Waals surface area contributed by atoms with Crippen LogP contribution in [0.25, 0.3) is 21.8 Å². The van der Waals surface area contributed by atoms with Gasteiger partial charge >= 0.3 is 0 Å². The summed E-state index contributed by atoms with van der Waals surface area (Å²) in [7, 11) is 3.58. The Morgan fingerprint density at radius 1 is 0.705 bits per heavy atom. The van der Waals surface area contributed by atoms with Crippen LogP contribution >= 0.6 is 53.4 Å². The van der Waals surface area contributed by atoms with Crippen molar-refractivity contribution in [2.24, 2.45) is 10.3 Å². The lowest BCUT2D eigenvalue weighted by atomic mass is 10.1. The van der Waals surface area contributed by atoms with Crippen LogP contribution < -0.4 is 10.6 Å². The molecule has 0 saturated heterocycles. The fourth-order valence-electron chi connectivity index (χ4n) is 4.57. The number of fused-ring (bicyclic) bond motifs is 2. The number of hydrogen-bond donors (Lipinski definition) is 6. The van der Waals surface area contributed by atoms with Crippen molar-refractivity contribution in [2.45, 2.75) is 38.5 Å². The van der Waals surface area contributed by atoms with Crippen molar-refractivity contribution in [3.63, 3.8) is 0 Å². The number of halogens is 2. The van der Waals surface area contributed by atoms with Crippen LogP contribution in [-0.2, 0) is 22.4 Å². The monoisotopic (exact) mass is 764 g/mol. The number of H-pyrrole nitrogens is 2. The van der Waals surface area contributed by atoms with Gasteiger partial charge in [0.15, 0.2) is 0 Å². The van der Waals surface area contributed by atoms with Crippen LogP contribution in [0.3, 0.4) is 0 Å². The summed E-state index contributed by atoms with van der Waals surface area (Å²) in [5.74, 6) is 1.19. The van der Waals surface area contributed by atoms with Crippen LogP contribution in [0.2, 0.25) is 0 Å². The van der Waals surface area contributed by atoms with E-state index in [9.17, 15) is 20.0 Å². The van der Waals surface area contributed by atoms with Gasteiger partial charge in [-0.25, -0.2) is 0 Å². The van der Waals surface area contributed by atoms with Gasteiger partial charge < -0.3 is 31.0 Å². The average Bonchev–Trinajstić information content (AvgIpc) is 3.61. The minimum atomic E-state index is -0.366. The first-order valence-corrected chi connectivity index (χ1v) is 18.2. The number of carbonyl (C=O) groups is 2. The lowest BCUT2D eigenvalue weighted by Crippen LogP contribution is -2.33. The maximum Gasteiger partial charge on any atom is 0.269 e. The zero-order chi connectivity index (χ0) is 31.3. The number of aromatic nitrogens is 2. The van der Waals surface area contributed by atoms with Gasteiger partial charge in [-0.05, 0) is 73.2 Å². The van der Waals surface area contributed by atoms with Crippen LogP contribution in [0.1, 0.15) is 36.8 Å². The minimum Gasteiger partial charge on any atom is -0.410 e. The summed E-state index contributed by atoms with van der Waals surface area (Å²) in [5, 5.41) is 32.9. The van der Waals surface area contributed by atoms with Crippen molar-refractivity contribution in [3.8, 4) is 0 Å². The molecule has 0 aliphatic heterocycles. The van der Waals surface area contributed by atoms with Crippen LogP contribution in [-0.4, -0.2) is 68.2 Å². The molecule has 2 amide bonds. The summed E-state index contributed by atoms with van der Waals surface area (Å²) in [6.45, 7) is 1.03. The number of aromatic amines is 2. The number of benzene rings is 2. The number of nitrogens with zero attached hydrogens (tertiary/aromatic N) is 2. The Bertz CT molecular complexity index is 1520. The van der Waals surface area contributed by atoms with E-state index >= 15 is 0 Å². The molecule has 2 heterocycles. The van der Waals surface area contributed by atoms with Gasteiger partial charge in [-0.3, -0.25) is 9.59 Å². The van der Waals surface area contributed by atoms with Gasteiger partial charge in [0.25, 0.3) is 11.8 Å². The molecule has 2 aromatic heterocycles. The molecular formula is C30H34Br2N6O4S2. The molecule has 0 saturated carbocycles. The Labute approximate surface area is 279 Å². The maximum absolute atomic E-state index is 12.5. The molecule has 4 rings (SSSR count). The lowest BCUT2D eigenvalue weighted by molar-refractivity contribution is -0.115. The second-order valence-electron chi connectivity index (χ2n) is 10.0. The van der Waals surface area contributed by atoms with Gasteiger partial charge in [-0.1, -0.05) is 63.8 Å². The van der Waals surface area contributed by atoms with Gasteiger partial charge in [0.2, 0.25) is 0 Å². The third-order valence-electron chi connectivity index (χ3n) is 6.90.